The molecule has 0 aromatic heterocycles. The number of hydrogen-bond donors (Lipinski definition) is 4. The Morgan fingerprint density at radius 2 is 2.04 bits per heavy atom. The molecule has 0 radical (unpaired) electrons. The fourth-order valence-corrected chi connectivity index (χ4v) is 3.90. The summed E-state index contributed by atoms with van der Waals surface area (Å²) in [7, 11) is 1.67. The number of anilines is 1. The topological polar surface area (TPSA) is 74.4 Å². The molecule has 0 saturated carbocycles. The second kappa shape index (κ2) is 7.58. The quantitative estimate of drug-likeness (QED) is 0.651. The molecule has 6 nitrogen and oxygen atoms in total. The molecule has 27 heavy (non-hydrogen) atoms. The largest absolute Gasteiger partial charge is 0.497 e. The van der Waals surface area contributed by atoms with Crippen LogP contribution in [-0.4, -0.2) is 32.1 Å². The number of nitrogens with one attached hydrogen (secondary N) is 4. The summed E-state index contributed by atoms with van der Waals surface area (Å²) in [5, 5.41) is 6.47. The molecule has 3 atom stereocenters. The van der Waals surface area contributed by atoms with Crippen LogP contribution in [0, 0.1) is 12.8 Å². The molecule has 2 aromatic carbocycles. The van der Waals surface area contributed by atoms with Crippen LogP contribution in [0.4, 0.5) is 5.69 Å². The van der Waals surface area contributed by atoms with E-state index < -0.39 is 0 Å². The van der Waals surface area contributed by atoms with Crippen molar-refractivity contribution in [3.63, 3.8) is 0 Å². The molecule has 2 heterocycles. The maximum absolute atomic E-state index is 12.7. The van der Waals surface area contributed by atoms with E-state index in [1.165, 1.54) is 16.7 Å². The summed E-state index contributed by atoms with van der Waals surface area (Å²) in [5.74, 6) is 1.19. The zero-order valence-electron chi connectivity index (χ0n) is 15.7. The number of aryl methyl sites for hydroxylation is 1. The first-order valence-corrected chi connectivity index (χ1v) is 9.40. The molecule has 6 heteroatoms. The first kappa shape index (κ1) is 17.8. The third kappa shape index (κ3) is 3.77. The minimum absolute atomic E-state index is 0.0595. The van der Waals surface area contributed by atoms with Gasteiger partial charge in [-0.15, -0.1) is 0 Å². The summed E-state index contributed by atoms with van der Waals surface area (Å²) >= 11 is 0. The van der Waals surface area contributed by atoms with Crippen molar-refractivity contribution >= 4 is 11.6 Å². The van der Waals surface area contributed by atoms with Gasteiger partial charge in [0, 0.05) is 31.1 Å². The molecule has 2 aromatic rings. The summed E-state index contributed by atoms with van der Waals surface area (Å²) in [6.07, 6.45) is 0.742. The number of carbonyl (C=O) groups excluding carboxylic acids is 1. The van der Waals surface area contributed by atoms with Crippen molar-refractivity contribution < 1.29 is 9.53 Å². The lowest BCUT2D eigenvalue weighted by atomic mass is 9.94. The van der Waals surface area contributed by atoms with Gasteiger partial charge >= 0.3 is 0 Å². The Bertz CT molecular complexity index is 821. The average molecular weight is 366 g/mol. The fraction of sp³-hybridized carbons (Fsp3) is 0.381. The standard InChI is InChI=1S/C21H26N4O2/c1-13-3-8-18-15(9-13)10-19(24-18)21(26)22-11-16-12-23-25-20(16)14-4-6-17(27-2)7-5-14/h3-9,16,19-20,23-25H,10-12H2,1-2H3,(H,22,26). The van der Waals surface area contributed by atoms with Gasteiger partial charge in [-0.05, 0) is 36.2 Å². The fourth-order valence-electron chi connectivity index (χ4n) is 3.90. The van der Waals surface area contributed by atoms with E-state index in [0.29, 0.717) is 6.54 Å². The van der Waals surface area contributed by atoms with E-state index >= 15 is 0 Å². The molecular weight excluding hydrogens is 340 g/mol. The van der Waals surface area contributed by atoms with Gasteiger partial charge in [-0.3, -0.25) is 10.2 Å². The molecule has 3 unspecified atom stereocenters. The molecule has 0 bridgehead atoms. The van der Waals surface area contributed by atoms with E-state index in [4.69, 9.17) is 4.74 Å². The second-order valence-electron chi connectivity index (χ2n) is 7.34. The predicted molar refractivity (Wildman–Crippen MR) is 106 cm³/mol. The van der Waals surface area contributed by atoms with E-state index in [-0.39, 0.29) is 23.9 Å². The zero-order chi connectivity index (χ0) is 18.8. The maximum Gasteiger partial charge on any atom is 0.242 e. The van der Waals surface area contributed by atoms with Crippen molar-refractivity contribution in [3.8, 4) is 5.75 Å². The van der Waals surface area contributed by atoms with Crippen molar-refractivity contribution in [3.05, 3.63) is 59.2 Å². The van der Waals surface area contributed by atoms with E-state index in [0.717, 1.165) is 24.4 Å². The molecule has 0 spiro atoms. The van der Waals surface area contributed by atoms with Crippen LogP contribution in [0.2, 0.25) is 0 Å². The number of rotatable bonds is 5. The number of hydrogen-bond acceptors (Lipinski definition) is 5. The molecule has 1 fully saturated rings. The van der Waals surface area contributed by atoms with Gasteiger partial charge < -0.3 is 15.4 Å². The maximum atomic E-state index is 12.7. The van der Waals surface area contributed by atoms with Crippen LogP contribution < -0.4 is 26.2 Å². The predicted octanol–water partition coefficient (Wildman–Crippen LogP) is 1.92. The van der Waals surface area contributed by atoms with Crippen molar-refractivity contribution in [2.45, 2.75) is 25.4 Å². The number of hydrazine groups is 1. The molecule has 4 rings (SSSR count). The van der Waals surface area contributed by atoms with Gasteiger partial charge in [0.1, 0.15) is 11.8 Å². The smallest absolute Gasteiger partial charge is 0.242 e. The molecular formula is C21H26N4O2. The molecule has 1 saturated heterocycles. The van der Waals surface area contributed by atoms with Crippen LogP contribution in [-0.2, 0) is 11.2 Å². The van der Waals surface area contributed by atoms with E-state index in [1.807, 2.05) is 12.1 Å². The van der Waals surface area contributed by atoms with Gasteiger partial charge in [0.2, 0.25) is 5.91 Å². The number of fused-ring (bicyclic) bond motifs is 1. The van der Waals surface area contributed by atoms with Gasteiger partial charge in [0.05, 0.1) is 13.2 Å². The average Bonchev–Trinajstić information content (AvgIpc) is 3.32. The highest BCUT2D eigenvalue weighted by Crippen LogP contribution is 2.28. The van der Waals surface area contributed by atoms with Crippen LogP contribution in [0.5, 0.6) is 5.75 Å². The van der Waals surface area contributed by atoms with Crippen LogP contribution in [0.1, 0.15) is 22.7 Å². The summed E-state index contributed by atoms with van der Waals surface area (Å²) in [6.45, 7) is 3.52. The van der Waals surface area contributed by atoms with E-state index in [2.05, 4.69) is 58.7 Å². The molecule has 4 N–H and O–H groups in total. The Labute approximate surface area is 159 Å². The third-order valence-corrected chi connectivity index (χ3v) is 5.44. The van der Waals surface area contributed by atoms with Gasteiger partial charge in [-0.25, -0.2) is 5.43 Å². The Balaban J connectivity index is 1.34. The highest BCUT2D eigenvalue weighted by molar-refractivity contribution is 5.87. The van der Waals surface area contributed by atoms with Crippen molar-refractivity contribution in [1.82, 2.24) is 16.2 Å². The van der Waals surface area contributed by atoms with Crippen molar-refractivity contribution in [2.24, 2.45) is 5.92 Å². The normalized spacial score (nSPS) is 23.6. The molecule has 0 aliphatic carbocycles. The Morgan fingerprint density at radius 3 is 2.81 bits per heavy atom. The first-order valence-electron chi connectivity index (χ1n) is 9.40. The lowest BCUT2D eigenvalue weighted by Gasteiger charge is -2.20. The summed E-state index contributed by atoms with van der Waals surface area (Å²) < 4.78 is 5.23. The van der Waals surface area contributed by atoms with Crippen molar-refractivity contribution in [2.75, 3.05) is 25.5 Å². The minimum atomic E-state index is -0.191. The highest BCUT2D eigenvalue weighted by Gasteiger charge is 2.31. The summed E-state index contributed by atoms with van der Waals surface area (Å²) in [5.41, 5.74) is 11.2. The number of ether oxygens (including phenoxy) is 1. The Morgan fingerprint density at radius 1 is 1.22 bits per heavy atom. The lowest BCUT2D eigenvalue weighted by Crippen LogP contribution is -2.41. The number of methoxy groups -OCH3 is 1. The van der Waals surface area contributed by atoms with Crippen LogP contribution in [0.15, 0.2) is 42.5 Å². The molecule has 1 amide bonds. The highest BCUT2D eigenvalue weighted by atomic mass is 16.5. The summed E-state index contributed by atoms with van der Waals surface area (Å²) in [6, 6.07) is 14.3. The third-order valence-electron chi connectivity index (χ3n) is 5.44. The van der Waals surface area contributed by atoms with E-state index in [1.54, 1.807) is 7.11 Å². The second-order valence-corrected chi connectivity index (χ2v) is 7.34. The number of carbonyl (C=O) groups is 1. The van der Waals surface area contributed by atoms with Crippen LogP contribution in [0.3, 0.4) is 0 Å². The first-order chi connectivity index (χ1) is 13.1. The Kier molecular flexibility index (Phi) is 5.01. The van der Waals surface area contributed by atoms with Crippen LogP contribution in [0.25, 0.3) is 0 Å². The zero-order valence-corrected chi connectivity index (χ0v) is 15.7. The monoisotopic (exact) mass is 366 g/mol. The van der Waals surface area contributed by atoms with Gasteiger partial charge in [0.15, 0.2) is 0 Å². The molecule has 142 valence electrons. The van der Waals surface area contributed by atoms with Crippen molar-refractivity contribution in [1.29, 1.82) is 0 Å². The van der Waals surface area contributed by atoms with Gasteiger partial charge in [-0.2, -0.15) is 0 Å². The van der Waals surface area contributed by atoms with Crippen LogP contribution >= 0.6 is 0 Å². The molecule has 2 aliphatic heterocycles. The SMILES string of the molecule is COc1ccc(C2NNCC2CNC(=O)C2Cc3cc(C)ccc3N2)cc1. The van der Waals surface area contributed by atoms with E-state index in [9.17, 15) is 4.79 Å². The Hall–Kier alpha value is -2.57. The lowest BCUT2D eigenvalue weighted by molar-refractivity contribution is -0.121. The summed E-state index contributed by atoms with van der Waals surface area (Å²) in [4.78, 5) is 12.7. The minimum Gasteiger partial charge on any atom is -0.497 e. The number of benzene rings is 2. The van der Waals surface area contributed by atoms with Gasteiger partial charge in [0.25, 0.3) is 0 Å². The number of amides is 1. The van der Waals surface area contributed by atoms with Gasteiger partial charge in [-0.1, -0.05) is 29.8 Å². The molecule has 2 aliphatic rings.